The third-order valence-electron chi connectivity index (χ3n) is 6.28. The van der Waals surface area contributed by atoms with Crippen LogP contribution in [0.4, 0.5) is 4.79 Å². The van der Waals surface area contributed by atoms with Gasteiger partial charge in [-0.3, -0.25) is 0 Å². The van der Waals surface area contributed by atoms with Gasteiger partial charge in [-0.25, -0.2) is 9.59 Å². The lowest BCUT2D eigenvalue weighted by molar-refractivity contribution is -0.218. The summed E-state index contributed by atoms with van der Waals surface area (Å²) in [6.07, 6.45) is -5.60. The van der Waals surface area contributed by atoms with E-state index in [4.69, 9.17) is 18.9 Å². The molecule has 2 aliphatic heterocycles. The summed E-state index contributed by atoms with van der Waals surface area (Å²) in [6, 6.07) is 15.0. The van der Waals surface area contributed by atoms with Gasteiger partial charge in [0.15, 0.2) is 18.2 Å². The van der Waals surface area contributed by atoms with Gasteiger partial charge in [-0.15, -0.1) is 0 Å². The average Bonchev–Trinajstić information content (AvgIpc) is 3.38. The van der Waals surface area contributed by atoms with E-state index in [1.54, 1.807) is 13.8 Å². The summed E-state index contributed by atoms with van der Waals surface area (Å²) in [5.41, 5.74) is 4.36. The molecule has 5 atom stereocenters. The van der Waals surface area contributed by atoms with Crippen molar-refractivity contribution in [3.05, 3.63) is 59.7 Å². The molecule has 0 unspecified atom stereocenters. The minimum absolute atomic E-state index is 0.0938. The highest BCUT2D eigenvalue weighted by Gasteiger charge is 2.58. The number of aliphatic hydroxyl groups is 1. The number of hydrogen-bond donors (Lipinski definition) is 3. The van der Waals surface area contributed by atoms with E-state index >= 15 is 0 Å². The largest absolute Gasteiger partial charge is 0.479 e. The van der Waals surface area contributed by atoms with Crippen molar-refractivity contribution in [3.63, 3.8) is 0 Å². The highest BCUT2D eigenvalue weighted by atomic mass is 16.8. The topological polar surface area (TPSA) is 124 Å². The molecule has 2 aromatic rings. The predicted octanol–water partition coefficient (Wildman–Crippen LogP) is 2.22. The fourth-order valence-corrected chi connectivity index (χ4v) is 4.88. The molecule has 174 valence electrons. The zero-order valence-corrected chi connectivity index (χ0v) is 18.1. The molecular weight excluding hydrogens is 430 g/mol. The Labute approximate surface area is 190 Å². The van der Waals surface area contributed by atoms with Crippen molar-refractivity contribution in [3.8, 4) is 11.1 Å². The van der Waals surface area contributed by atoms with Gasteiger partial charge in [0.05, 0.1) is 6.04 Å². The normalized spacial score (nSPS) is 28.0. The molecule has 5 rings (SSSR count). The molecule has 0 spiro atoms. The molecule has 2 aromatic carbocycles. The summed E-state index contributed by atoms with van der Waals surface area (Å²) in [7, 11) is 0. The fraction of sp³-hybridized carbons (Fsp3) is 0.417. The van der Waals surface area contributed by atoms with Gasteiger partial charge in [-0.1, -0.05) is 48.5 Å². The van der Waals surface area contributed by atoms with E-state index in [1.165, 1.54) is 0 Å². The summed E-state index contributed by atoms with van der Waals surface area (Å²) in [4.78, 5) is 24.1. The van der Waals surface area contributed by atoms with Gasteiger partial charge in [0.1, 0.15) is 18.8 Å². The molecule has 0 radical (unpaired) electrons. The number of carbonyl (C=O) groups excluding carboxylic acids is 1. The van der Waals surface area contributed by atoms with Crippen LogP contribution in [0.25, 0.3) is 11.1 Å². The van der Waals surface area contributed by atoms with Crippen molar-refractivity contribution < 1.29 is 38.7 Å². The van der Waals surface area contributed by atoms with E-state index < -0.39 is 48.5 Å². The number of ether oxygens (including phenoxy) is 4. The lowest BCUT2D eigenvalue weighted by Crippen LogP contribution is -2.53. The summed E-state index contributed by atoms with van der Waals surface area (Å²) in [5, 5.41) is 22.0. The van der Waals surface area contributed by atoms with Crippen LogP contribution in [0.1, 0.15) is 30.9 Å². The SMILES string of the molecule is CC1(C)O[C@H]2O[C@H]([C@H](O)C(=O)O)[C@H](NC(=O)OCC3c4ccccc4-c4ccccc43)[C@@H]2O1. The maximum absolute atomic E-state index is 12.8. The average molecular weight is 455 g/mol. The zero-order valence-electron chi connectivity index (χ0n) is 18.1. The molecule has 1 aliphatic carbocycles. The van der Waals surface area contributed by atoms with Crippen LogP contribution in [0.15, 0.2) is 48.5 Å². The minimum atomic E-state index is -1.87. The van der Waals surface area contributed by atoms with E-state index in [0.29, 0.717) is 0 Å². The van der Waals surface area contributed by atoms with Crippen molar-refractivity contribution in [2.24, 2.45) is 0 Å². The minimum Gasteiger partial charge on any atom is -0.479 e. The summed E-state index contributed by atoms with van der Waals surface area (Å²) in [5.74, 6) is -2.57. The van der Waals surface area contributed by atoms with Crippen molar-refractivity contribution >= 4 is 12.1 Å². The summed E-state index contributed by atoms with van der Waals surface area (Å²) < 4.78 is 22.6. The number of fused-ring (bicyclic) bond motifs is 4. The van der Waals surface area contributed by atoms with Crippen LogP contribution < -0.4 is 5.32 Å². The second-order valence-corrected chi connectivity index (χ2v) is 8.85. The number of carbonyl (C=O) groups is 2. The van der Waals surface area contributed by atoms with Gasteiger partial charge in [-0.2, -0.15) is 0 Å². The molecule has 2 saturated heterocycles. The van der Waals surface area contributed by atoms with E-state index in [2.05, 4.69) is 5.32 Å². The number of benzene rings is 2. The molecule has 3 N–H and O–H groups in total. The number of alkyl carbamates (subject to hydrolysis) is 1. The first-order valence-electron chi connectivity index (χ1n) is 10.8. The third-order valence-corrected chi connectivity index (χ3v) is 6.28. The van der Waals surface area contributed by atoms with Crippen LogP contribution in [0, 0.1) is 0 Å². The van der Waals surface area contributed by atoms with Crippen LogP contribution in [0.3, 0.4) is 0 Å². The van der Waals surface area contributed by atoms with Crippen LogP contribution in [-0.4, -0.2) is 65.3 Å². The third kappa shape index (κ3) is 3.87. The Bertz CT molecular complexity index is 1040. The van der Waals surface area contributed by atoms with Gasteiger partial charge in [-0.05, 0) is 36.1 Å². The Balaban J connectivity index is 1.31. The Hall–Kier alpha value is -2.98. The van der Waals surface area contributed by atoms with Gasteiger partial charge < -0.3 is 34.5 Å². The number of nitrogens with one attached hydrogen (secondary N) is 1. The molecule has 2 heterocycles. The lowest BCUT2D eigenvalue weighted by atomic mass is 9.98. The number of hydrogen-bond acceptors (Lipinski definition) is 7. The number of rotatable bonds is 5. The zero-order chi connectivity index (χ0) is 23.3. The lowest BCUT2D eigenvalue weighted by Gasteiger charge is -2.27. The smallest absolute Gasteiger partial charge is 0.407 e. The molecule has 2 fully saturated rings. The molecule has 3 aliphatic rings. The van der Waals surface area contributed by atoms with E-state index in [0.717, 1.165) is 22.3 Å². The van der Waals surface area contributed by atoms with E-state index in [9.17, 15) is 19.8 Å². The first-order chi connectivity index (χ1) is 15.7. The molecule has 0 saturated carbocycles. The first-order valence-corrected chi connectivity index (χ1v) is 10.8. The monoisotopic (exact) mass is 455 g/mol. The number of aliphatic carboxylic acids is 1. The number of carboxylic acid groups (broad SMARTS) is 1. The standard InChI is InChI=1S/C24H25NO8/c1-24(2)32-20-17(19(18(26)21(27)28)31-22(20)33-24)25-23(29)30-11-16-14-9-5-3-7-12(14)13-8-4-6-10-15(13)16/h3-10,16-20,22,26H,11H2,1-2H3,(H,25,29)(H,27,28)/t17-,18-,19-,20-,22+/m0/s1. The highest BCUT2D eigenvalue weighted by molar-refractivity contribution is 5.79. The molecule has 0 bridgehead atoms. The summed E-state index contributed by atoms with van der Waals surface area (Å²) >= 11 is 0. The maximum Gasteiger partial charge on any atom is 0.407 e. The van der Waals surface area contributed by atoms with Crippen molar-refractivity contribution in [2.45, 2.75) is 56.2 Å². The van der Waals surface area contributed by atoms with Crippen molar-refractivity contribution in [1.82, 2.24) is 5.32 Å². The molecule has 0 aromatic heterocycles. The van der Waals surface area contributed by atoms with Crippen LogP contribution in [0.5, 0.6) is 0 Å². The highest BCUT2D eigenvalue weighted by Crippen LogP contribution is 2.44. The van der Waals surface area contributed by atoms with Crippen LogP contribution in [0.2, 0.25) is 0 Å². The second-order valence-electron chi connectivity index (χ2n) is 8.85. The Kier molecular flexibility index (Phi) is 5.37. The fourth-order valence-electron chi connectivity index (χ4n) is 4.88. The Morgan fingerprint density at radius 3 is 2.27 bits per heavy atom. The van der Waals surface area contributed by atoms with Crippen molar-refractivity contribution in [2.75, 3.05) is 6.61 Å². The number of amides is 1. The first kappa shape index (κ1) is 21.8. The molecular formula is C24H25NO8. The van der Waals surface area contributed by atoms with Gasteiger partial charge in [0.25, 0.3) is 0 Å². The van der Waals surface area contributed by atoms with E-state index in [-0.39, 0.29) is 12.5 Å². The molecule has 1 amide bonds. The Morgan fingerprint density at radius 1 is 1.06 bits per heavy atom. The molecule has 9 nitrogen and oxygen atoms in total. The van der Waals surface area contributed by atoms with E-state index in [1.807, 2.05) is 48.5 Å². The molecule has 9 heteroatoms. The summed E-state index contributed by atoms with van der Waals surface area (Å²) in [6.45, 7) is 3.46. The molecule has 33 heavy (non-hydrogen) atoms. The van der Waals surface area contributed by atoms with Gasteiger partial charge in [0, 0.05) is 5.92 Å². The van der Waals surface area contributed by atoms with Crippen LogP contribution >= 0.6 is 0 Å². The predicted molar refractivity (Wildman–Crippen MR) is 114 cm³/mol. The van der Waals surface area contributed by atoms with Crippen LogP contribution in [-0.2, 0) is 23.7 Å². The Morgan fingerprint density at radius 2 is 1.67 bits per heavy atom. The number of aliphatic hydroxyl groups excluding tert-OH is 1. The van der Waals surface area contributed by atoms with Gasteiger partial charge in [0.2, 0.25) is 0 Å². The van der Waals surface area contributed by atoms with Crippen molar-refractivity contribution in [1.29, 1.82) is 0 Å². The van der Waals surface area contributed by atoms with Gasteiger partial charge >= 0.3 is 12.1 Å². The second kappa shape index (κ2) is 8.11. The maximum atomic E-state index is 12.8. The quantitative estimate of drug-likeness (QED) is 0.627. The number of carboxylic acids is 1.